The second-order valence-electron chi connectivity index (χ2n) is 4.30. The molecule has 5 nitrogen and oxygen atoms in total. The first-order chi connectivity index (χ1) is 9.39. The van der Waals surface area contributed by atoms with Gasteiger partial charge in [0.2, 0.25) is 10.0 Å². The number of nitrogens with zero attached hydrogens (tertiary/aromatic N) is 2. The molecule has 2 rings (SSSR count). The van der Waals surface area contributed by atoms with E-state index >= 15 is 0 Å². The minimum Gasteiger partial charge on any atom is -0.384 e. The van der Waals surface area contributed by atoms with Gasteiger partial charge in [0, 0.05) is 30.3 Å². The zero-order valence-corrected chi connectivity index (χ0v) is 13.2. The number of sulfonamides is 1. The van der Waals surface area contributed by atoms with Gasteiger partial charge in [0.15, 0.2) is 0 Å². The van der Waals surface area contributed by atoms with Crippen LogP contribution in [0.5, 0.6) is 0 Å². The molecule has 2 N–H and O–H groups in total. The lowest BCUT2D eigenvalue weighted by Gasteiger charge is -2.17. The van der Waals surface area contributed by atoms with Crippen molar-refractivity contribution < 1.29 is 8.42 Å². The Labute approximate surface area is 126 Å². The summed E-state index contributed by atoms with van der Waals surface area (Å²) in [7, 11) is -2.03. The molecule has 1 aromatic carbocycles. The molecule has 0 spiro atoms. The van der Waals surface area contributed by atoms with Crippen molar-refractivity contribution in [3.63, 3.8) is 0 Å². The largest absolute Gasteiger partial charge is 0.384 e. The molecule has 0 atom stereocenters. The zero-order valence-electron chi connectivity index (χ0n) is 10.8. The SMILES string of the molecule is CN(Cc1ccc(Br)cc1)S(=O)(=O)c1ccnc(N)c1. The Morgan fingerprint density at radius 1 is 1.25 bits per heavy atom. The Kier molecular flexibility index (Phi) is 4.42. The van der Waals surface area contributed by atoms with Gasteiger partial charge in [0.05, 0.1) is 4.90 Å². The Hall–Kier alpha value is -1.44. The Morgan fingerprint density at radius 3 is 2.50 bits per heavy atom. The topological polar surface area (TPSA) is 76.3 Å². The van der Waals surface area contributed by atoms with E-state index in [1.54, 1.807) is 0 Å². The molecule has 20 heavy (non-hydrogen) atoms. The van der Waals surface area contributed by atoms with E-state index in [2.05, 4.69) is 20.9 Å². The second kappa shape index (κ2) is 5.90. The predicted molar refractivity (Wildman–Crippen MR) is 81.4 cm³/mol. The average Bonchev–Trinajstić information content (AvgIpc) is 2.41. The third kappa shape index (κ3) is 3.36. The highest BCUT2D eigenvalue weighted by molar-refractivity contribution is 9.10. The number of halogens is 1. The molecule has 0 amide bonds. The van der Waals surface area contributed by atoms with Gasteiger partial charge in [-0.05, 0) is 23.8 Å². The van der Waals surface area contributed by atoms with Crippen molar-refractivity contribution >= 4 is 31.8 Å². The van der Waals surface area contributed by atoms with Crippen LogP contribution in [0.15, 0.2) is 52.0 Å². The molecular weight excluding hydrogens is 342 g/mol. The van der Waals surface area contributed by atoms with Gasteiger partial charge in [0.25, 0.3) is 0 Å². The molecule has 1 heterocycles. The maximum absolute atomic E-state index is 12.4. The number of hydrogen-bond acceptors (Lipinski definition) is 4. The summed E-state index contributed by atoms with van der Waals surface area (Å²) < 4.78 is 27.0. The minimum atomic E-state index is -3.57. The van der Waals surface area contributed by atoms with Gasteiger partial charge in [-0.25, -0.2) is 13.4 Å². The van der Waals surface area contributed by atoms with E-state index in [0.717, 1.165) is 10.0 Å². The average molecular weight is 356 g/mol. The maximum Gasteiger partial charge on any atom is 0.243 e. The number of anilines is 1. The van der Waals surface area contributed by atoms with Crippen LogP contribution in [-0.2, 0) is 16.6 Å². The fourth-order valence-electron chi connectivity index (χ4n) is 1.70. The number of nitrogens with two attached hydrogens (primary N) is 1. The standard InChI is InChI=1S/C13H14BrN3O2S/c1-17(9-10-2-4-11(14)5-3-10)20(18,19)12-6-7-16-13(15)8-12/h2-8H,9H2,1H3,(H2,15,16). The minimum absolute atomic E-state index is 0.143. The number of nitrogen functional groups attached to an aromatic ring is 1. The molecule has 7 heteroatoms. The molecule has 0 saturated carbocycles. The van der Waals surface area contributed by atoms with Crippen LogP contribution in [0.4, 0.5) is 5.82 Å². The van der Waals surface area contributed by atoms with Gasteiger partial charge in [0.1, 0.15) is 5.82 Å². The number of rotatable bonds is 4. The van der Waals surface area contributed by atoms with Crippen molar-refractivity contribution in [1.29, 1.82) is 0 Å². The molecule has 2 aromatic rings. The maximum atomic E-state index is 12.4. The summed E-state index contributed by atoms with van der Waals surface area (Å²) in [5.74, 6) is 0.183. The molecular formula is C13H14BrN3O2S. The summed E-state index contributed by atoms with van der Waals surface area (Å²) in [6, 6.07) is 10.3. The molecule has 0 bridgehead atoms. The first kappa shape index (κ1) is 15.0. The van der Waals surface area contributed by atoms with E-state index in [0.29, 0.717) is 0 Å². The highest BCUT2D eigenvalue weighted by Gasteiger charge is 2.21. The molecule has 0 aliphatic rings. The zero-order chi connectivity index (χ0) is 14.8. The lowest BCUT2D eigenvalue weighted by Crippen LogP contribution is -2.26. The van der Waals surface area contributed by atoms with Crippen molar-refractivity contribution in [3.05, 3.63) is 52.6 Å². The van der Waals surface area contributed by atoms with Crippen LogP contribution in [0.1, 0.15) is 5.56 Å². The van der Waals surface area contributed by atoms with Gasteiger partial charge < -0.3 is 5.73 Å². The molecule has 106 valence electrons. The summed E-state index contributed by atoms with van der Waals surface area (Å²) in [6.07, 6.45) is 1.38. The van der Waals surface area contributed by atoms with Crippen LogP contribution in [0.3, 0.4) is 0 Å². The number of pyridine rings is 1. The van der Waals surface area contributed by atoms with Gasteiger partial charge in [-0.15, -0.1) is 0 Å². The Morgan fingerprint density at radius 2 is 1.90 bits per heavy atom. The number of hydrogen-bond donors (Lipinski definition) is 1. The molecule has 0 unspecified atom stereocenters. The number of benzene rings is 1. The Balaban J connectivity index is 2.23. The molecule has 0 saturated heterocycles. The smallest absolute Gasteiger partial charge is 0.243 e. The second-order valence-corrected chi connectivity index (χ2v) is 7.26. The molecule has 1 aromatic heterocycles. The highest BCUT2D eigenvalue weighted by atomic mass is 79.9. The fraction of sp³-hybridized carbons (Fsp3) is 0.154. The van der Waals surface area contributed by atoms with E-state index in [1.165, 1.54) is 29.7 Å². The highest BCUT2D eigenvalue weighted by Crippen LogP contribution is 2.18. The van der Waals surface area contributed by atoms with Crippen molar-refractivity contribution in [2.75, 3.05) is 12.8 Å². The molecule has 0 fully saturated rings. The van der Waals surface area contributed by atoms with E-state index in [1.807, 2.05) is 24.3 Å². The third-order valence-corrected chi connectivity index (χ3v) is 5.11. The molecule has 0 radical (unpaired) electrons. The van der Waals surface area contributed by atoms with Crippen LogP contribution >= 0.6 is 15.9 Å². The van der Waals surface area contributed by atoms with Crippen LogP contribution < -0.4 is 5.73 Å². The first-order valence-electron chi connectivity index (χ1n) is 5.82. The van der Waals surface area contributed by atoms with Crippen molar-refractivity contribution in [3.8, 4) is 0 Å². The third-order valence-electron chi connectivity index (χ3n) is 2.78. The summed E-state index contributed by atoms with van der Waals surface area (Å²) in [5, 5.41) is 0. The summed E-state index contributed by atoms with van der Waals surface area (Å²) in [6.45, 7) is 0.290. The summed E-state index contributed by atoms with van der Waals surface area (Å²) in [4.78, 5) is 3.94. The van der Waals surface area contributed by atoms with E-state index in [9.17, 15) is 8.42 Å². The van der Waals surface area contributed by atoms with Gasteiger partial charge >= 0.3 is 0 Å². The van der Waals surface area contributed by atoms with E-state index in [4.69, 9.17) is 5.73 Å². The lowest BCUT2D eigenvalue weighted by atomic mass is 10.2. The molecule has 0 aliphatic carbocycles. The Bertz CT molecular complexity index is 702. The van der Waals surface area contributed by atoms with E-state index < -0.39 is 10.0 Å². The molecule has 0 aliphatic heterocycles. The quantitative estimate of drug-likeness (QED) is 0.912. The normalized spacial score (nSPS) is 11.8. The van der Waals surface area contributed by atoms with Crippen LogP contribution in [0.2, 0.25) is 0 Å². The number of aromatic nitrogens is 1. The monoisotopic (exact) mass is 355 g/mol. The van der Waals surface area contributed by atoms with Crippen molar-refractivity contribution in [2.45, 2.75) is 11.4 Å². The fourth-order valence-corrected chi connectivity index (χ4v) is 3.15. The van der Waals surface area contributed by atoms with Gasteiger partial charge in [-0.1, -0.05) is 28.1 Å². The summed E-state index contributed by atoms with van der Waals surface area (Å²) in [5.41, 5.74) is 6.43. The van der Waals surface area contributed by atoms with Crippen LogP contribution in [0.25, 0.3) is 0 Å². The van der Waals surface area contributed by atoms with Gasteiger partial charge in [-0.3, -0.25) is 0 Å². The van der Waals surface area contributed by atoms with Crippen molar-refractivity contribution in [1.82, 2.24) is 9.29 Å². The van der Waals surface area contributed by atoms with Crippen molar-refractivity contribution in [2.24, 2.45) is 0 Å². The first-order valence-corrected chi connectivity index (χ1v) is 8.05. The van der Waals surface area contributed by atoms with Crippen LogP contribution in [-0.4, -0.2) is 24.8 Å². The predicted octanol–water partition coefficient (Wildman–Crippen LogP) is 2.25. The lowest BCUT2D eigenvalue weighted by molar-refractivity contribution is 0.466. The van der Waals surface area contributed by atoms with Gasteiger partial charge in [-0.2, -0.15) is 4.31 Å². The van der Waals surface area contributed by atoms with E-state index in [-0.39, 0.29) is 17.3 Å². The summed E-state index contributed by atoms with van der Waals surface area (Å²) >= 11 is 3.34. The van der Waals surface area contributed by atoms with Crippen LogP contribution in [0, 0.1) is 0 Å².